The summed E-state index contributed by atoms with van der Waals surface area (Å²) in [5, 5.41) is 0. The van der Waals surface area contributed by atoms with E-state index in [1.807, 2.05) is 21.1 Å². The zero-order valence-electron chi connectivity index (χ0n) is 33.9. The van der Waals surface area contributed by atoms with Gasteiger partial charge in [-0.1, -0.05) is 154 Å². The molecule has 0 aliphatic rings. The molecule has 0 radical (unpaired) electrons. The van der Waals surface area contributed by atoms with Crippen LogP contribution in [0.2, 0.25) is 0 Å². The average Bonchev–Trinajstić information content (AvgIpc) is 3.07. The second-order valence-electron chi connectivity index (χ2n) is 15.4. The Morgan fingerprint density at radius 3 is 1.51 bits per heavy atom. The molecular weight excluding hydrogens is 665 g/mol. The first-order valence-corrected chi connectivity index (χ1v) is 22.4. The number of phosphoric acid groups is 1. The van der Waals surface area contributed by atoms with E-state index in [4.69, 9.17) is 18.5 Å². The summed E-state index contributed by atoms with van der Waals surface area (Å²) in [6.45, 7) is 4.40. The fourth-order valence-corrected chi connectivity index (χ4v) is 6.44. The van der Waals surface area contributed by atoms with Crippen LogP contribution >= 0.6 is 7.82 Å². The van der Waals surface area contributed by atoms with Crippen LogP contribution in [0.15, 0.2) is 12.2 Å². The number of nitrogens with zero attached hydrogens (tertiary/aromatic N) is 1. The SMILES string of the molecule is CCCC/C=C/CCCCCCCCCCCC(=O)O[C@H](COC(=O)CCCCCCCCCCCCCC)COP(=O)(O)OCC[N+](C)(C)C. The summed E-state index contributed by atoms with van der Waals surface area (Å²) in [7, 11) is 1.48. The highest BCUT2D eigenvalue weighted by molar-refractivity contribution is 7.47. The number of unbranched alkanes of at least 4 members (excludes halogenated alkanes) is 22. The molecule has 0 saturated carbocycles. The van der Waals surface area contributed by atoms with E-state index in [-0.39, 0.29) is 25.6 Å². The van der Waals surface area contributed by atoms with E-state index in [0.717, 1.165) is 38.5 Å². The number of hydrogen-bond acceptors (Lipinski definition) is 7. The van der Waals surface area contributed by atoms with Crippen molar-refractivity contribution >= 4 is 19.8 Å². The molecule has 0 fully saturated rings. The Bertz CT molecular complexity index is 891. The van der Waals surface area contributed by atoms with Crippen molar-refractivity contribution in [1.82, 2.24) is 0 Å². The van der Waals surface area contributed by atoms with Gasteiger partial charge in [0.2, 0.25) is 0 Å². The van der Waals surface area contributed by atoms with Crippen molar-refractivity contribution in [3.63, 3.8) is 0 Å². The van der Waals surface area contributed by atoms with Gasteiger partial charge in [-0.3, -0.25) is 18.6 Å². The molecule has 0 amide bonds. The summed E-state index contributed by atoms with van der Waals surface area (Å²) in [6.07, 6.45) is 33.9. The zero-order chi connectivity index (χ0) is 37.9. The fraction of sp³-hybridized carbons (Fsp3) is 0.902. The first kappa shape index (κ1) is 49.8. The van der Waals surface area contributed by atoms with Gasteiger partial charge in [-0.2, -0.15) is 0 Å². The highest BCUT2D eigenvalue weighted by atomic mass is 31.2. The van der Waals surface area contributed by atoms with Gasteiger partial charge in [0.05, 0.1) is 27.7 Å². The van der Waals surface area contributed by atoms with E-state index >= 15 is 0 Å². The number of carbonyl (C=O) groups excluding carboxylic acids is 2. The van der Waals surface area contributed by atoms with Crippen molar-refractivity contribution in [2.45, 2.75) is 193 Å². The predicted octanol–water partition coefficient (Wildman–Crippen LogP) is 11.4. The van der Waals surface area contributed by atoms with Crippen LogP contribution in [0.3, 0.4) is 0 Å². The van der Waals surface area contributed by atoms with Crippen LogP contribution in [0.25, 0.3) is 0 Å². The molecule has 0 saturated heterocycles. The van der Waals surface area contributed by atoms with Crippen molar-refractivity contribution in [1.29, 1.82) is 0 Å². The van der Waals surface area contributed by atoms with Crippen LogP contribution in [-0.4, -0.2) is 74.9 Å². The lowest BCUT2D eigenvalue weighted by Crippen LogP contribution is -2.37. The third kappa shape index (κ3) is 38.3. The summed E-state index contributed by atoms with van der Waals surface area (Å²) >= 11 is 0. The largest absolute Gasteiger partial charge is 0.472 e. The molecule has 0 rings (SSSR count). The van der Waals surface area contributed by atoms with Crippen LogP contribution < -0.4 is 0 Å². The Hall–Kier alpha value is -1.25. The normalized spacial score (nSPS) is 13.8. The highest BCUT2D eigenvalue weighted by Crippen LogP contribution is 2.43. The van der Waals surface area contributed by atoms with Gasteiger partial charge >= 0.3 is 19.8 Å². The molecule has 2 atom stereocenters. The summed E-state index contributed by atoms with van der Waals surface area (Å²) in [6, 6.07) is 0. The van der Waals surface area contributed by atoms with Crippen molar-refractivity contribution in [3.8, 4) is 0 Å². The van der Waals surface area contributed by atoms with E-state index in [9.17, 15) is 19.0 Å². The molecule has 0 aromatic rings. The van der Waals surface area contributed by atoms with Crippen molar-refractivity contribution in [2.75, 3.05) is 47.5 Å². The minimum atomic E-state index is -4.36. The lowest BCUT2D eigenvalue weighted by atomic mass is 10.0. The minimum Gasteiger partial charge on any atom is -0.462 e. The lowest BCUT2D eigenvalue weighted by molar-refractivity contribution is -0.870. The van der Waals surface area contributed by atoms with E-state index in [2.05, 4.69) is 26.0 Å². The van der Waals surface area contributed by atoms with Crippen molar-refractivity contribution < 1.29 is 42.1 Å². The summed E-state index contributed by atoms with van der Waals surface area (Å²) in [4.78, 5) is 35.2. The lowest BCUT2D eigenvalue weighted by Gasteiger charge is -2.24. The second kappa shape index (κ2) is 34.5. The molecule has 0 spiro atoms. The predicted molar refractivity (Wildman–Crippen MR) is 211 cm³/mol. The van der Waals surface area contributed by atoms with Gasteiger partial charge in [-0.05, 0) is 32.1 Å². The molecule has 0 heterocycles. The quantitative estimate of drug-likeness (QED) is 0.0219. The molecule has 51 heavy (non-hydrogen) atoms. The van der Waals surface area contributed by atoms with Crippen molar-refractivity contribution in [3.05, 3.63) is 12.2 Å². The third-order valence-corrected chi connectivity index (χ3v) is 10.0. The number of likely N-dealkylation sites (N-methyl/N-ethyl adjacent to an activating group) is 1. The summed E-state index contributed by atoms with van der Waals surface area (Å²) in [5.41, 5.74) is 0. The average molecular weight is 747 g/mol. The Kier molecular flexibility index (Phi) is 33.7. The molecule has 0 bridgehead atoms. The van der Waals surface area contributed by atoms with Gasteiger partial charge in [0, 0.05) is 12.8 Å². The smallest absolute Gasteiger partial charge is 0.462 e. The fourth-order valence-electron chi connectivity index (χ4n) is 5.70. The molecule has 0 aromatic carbocycles. The van der Waals surface area contributed by atoms with Gasteiger partial charge < -0.3 is 18.9 Å². The third-order valence-electron chi connectivity index (χ3n) is 9.05. The number of ether oxygens (including phenoxy) is 2. The van der Waals surface area contributed by atoms with Gasteiger partial charge in [0.15, 0.2) is 6.10 Å². The van der Waals surface area contributed by atoms with Crippen LogP contribution in [0.4, 0.5) is 0 Å². The number of esters is 2. The number of quaternary nitrogens is 1. The Morgan fingerprint density at radius 2 is 1.02 bits per heavy atom. The molecule has 0 aliphatic carbocycles. The molecule has 0 aliphatic heterocycles. The zero-order valence-corrected chi connectivity index (χ0v) is 34.7. The molecule has 9 nitrogen and oxygen atoms in total. The van der Waals surface area contributed by atoms with Crippen LogP contribution in [0, 0.1) is 0 Å². The first-order chi connectivity index (χ1) is 24.5. The molecule has 302 valence electrons. The summed E-state index contributed by atoms with van der Waals surface area (Å²) < 4.78 is 34.2. The number of carbonyl (C=O) groups is 2. The van der Waals surface area contributed by atoms with E-state index in [1.54, 1.807) is 0 Å². The van der Waals surface area contributed by atoms with Crippen LogP contribution in [0.1, 0.15) is 187 Å². The maximum absolute atomic E-state index is 12.6. The topological polar surface area (TPSA) is 108 Å². The van der Waals surface area contributed by atoms with Gasteiger partial charge in [0.25, 0.3) is 0 Å². The Labute approximate surface area is 314 Å². The maximum atomic E-state index is 12.6. The maximum Gasteiger partial charge on any atom is 0.472 e. The molecule has 0 aromatic heterocycles. The number of phosphoric ester groups is 1. The van der Waals surface area contributed by atoms with Crippen LogP contribution in [-0.2, 0) is 32.7 Å². The van der Waals surface area contributed by atoms with Gasteiger partial charge in [0.1, 0.15) is 19.8 Å². The van der Waals surface area contributed by atoms with Gasteiger partial charge in [-0.25, -0.2) is 4.57 Å². The number of rotatable bonds is 38. The number of hydrogen-bond donors (Lipinski definition) is 1. The Balaban J connectivity index is 4.37. The minimum absolute atomic E-state index is 0.0343. The molecule has 1 N–H and O–H groups in total. The standard InChI is InChI=1S/C41H80NO8P/c1-6-8-10-12-14-16-18-20-21-22-24-26-28-30-32-34-41(44)50-39(38-49-51(45,46)48-36-35-42(3,4)5)37-47-40(43)33-31-29-27-25-23-19-17-15-13-11-9-7-2/h12,14,39H,6-11,13,15-38H2,1-5H3/p+1/b14-12+/t39-/m1/s1. The van der Waals surface area contributed by atoms with Gasteiger partial charge in [-0.15, -0.1) is 0 Å². The molecular formula is C41H81NO8P+. The molecule has 1 unspecified atom stereocenters. The summed E-state index contributed by atoms with van der Waals surface area (Å²) in [5.74, 6) is -0.795. The second-order valence-corrected chi connectivity index (χ2v) is 16.8. The Morgan fingerprint density at radius 1 is 0.588 bits per heavy atom. The monoisotopic (exact) mass is 747 g/mol. The van der Waals surface area contributed by atoms with E-state index < -0.39 is 26.5 Å². The number of allylic oxidation sites excluding steroid dienone is 2. The highest BCUT2D eigenvalue weighted by Gasteiger charge is 2.27. The van der Waals surface area contributed by atoms with E-state index in [0.29, 0.717) is 23.9 Å². The molecule has 10 heteroatoms. The first-order valence-electron chi connectivity index (χ1n) is 20.9. The van der Waals surface area contributed by atoms with Crippen molar-refractivity contribution in [2.24, 2.45) is 0 Å². The van der Waals surface area contributed by atoms with E-state index in [1.165, 1.54) is 116 Å². The van der Waals surface area contributed by atoms with Crippen LogP contribution in [0.5, 0.6) is 0 Å².